The van der Waals surface area contributed by atoms with Gasteiger partial charge >= 0.3 is 0 Å². The minimum atomic E-state index is -2.54. The summed E-state index contributed by atoms with van der Waals surface area (Å²) in [7, 11) is 0. The summed E-state index contributed by atoms with van der Waals surface area (Å²) in [6.45, 7) is 0. The molecule has 1 aliphatic carbocycles. The van der Waals surface area contributed by atoms with E-state index in [0.717, 1.165) is 16.8 Å². The third kappa shape index (κ3) is 1.84. The van der Waals surface area contributed by atoms with E-state index < -0.39 is 5.92 Å². The van der Waals surface area contributed by atoms with E-state index in [9.17, 15) is 8.78 Å². The molecule has 1 aliphatic rings. The van der Waals surface area contributed by atoms with E-state index in [1.807, 2.05) is 28.8 Å². The number of halogens is 2. The lowest BCUT2D eigenvalue weighted by molar-refractivity contribution is -0.00604. The van der Waals surface area contributed by atoms with Crippen molar-refractivity contribution in [2.75, 3.05) is 0 Å². The highest BCUT2D eigenvalue weighted by atomic mass is 19.3. The number of allylic oxidation sites excluding steroid dienone is 2. The van der Waals surface area contributed by atoms with Crippen molar-refractivity contribution in [2.24, 2.45) is 0 Å². The molecule has 0 saturated carbocycles. The maximum absolute atomic E-state index is 13.1. The zero-order chi connectivity index (χ0) is 11.9. The van der Waals surface area contributed by atoms with Crippen LogP contribution in [0.1, 0.15) is 25.0 Å². The number of fused-ring (bicyclic) bond motifs is 1. The zero-order valence-corrected chi connectivity index (χ0v) is 9.24. The lowest BCUT2D eigenvalue weighted by Crippen LogP contribution is -2.18. The van der Waals surface area contributed by atoms with Crippen LogP contribution in [0.4, 0.5) is 8.78 Å². The summed E-state index contributed by atoms with van der Waals surface area (Å²) in [6.07, 6.45) is 5.40. The van der Waals surface area contributed by atoms with Crippen molar-refractivity contribution in [1.29, 1.82) is 0 Å². The molecule has 2 aromatic heterocycles. The quantitative estimate of drug-likeness (QED) is 0.737. The van der Waals surface area contributed by atoms with Gasteiger partial charge in [-0.25, -0.2) is 13.8 Å². The molecule has 0 saturated heterocycles. The van der Waals surface area contributed by atoms with Crippen molar-refractivity contribution in [1.82, 2.24) is 9.38 Å². The Hall–Kier alpha value is -1.71. The normalized spacial score (nSPS) is 19.3. The van der Waals surface area contributed by atoms with E-state index in [1.165, 1.54) is 0 Å². The van der Waals surface area contributed by atoms with Crippen LogP contribution >= 0.6 is 0 Å². The van der Waals surface area contributed by atoms with Crippen LogP contribution in [0.5, 0.6) is 0 Å². The molecule has 2 heterocycles. The number of aromatic nitrogens is 2. The Morgan fingerprint density at radius 3 is 2.94 bits per heavy atom. The van der Waals surface area contributed by atoms with Crippen molar-refractivity contribution in [2.45, 2.75) is 25.2 Å². The van der Waals surface area contributed by atoms with Crippen LogP contribution in [0.25, 0.3) is 11.1 Å². The Morgan fingerprint density at radius 2 is 2.18 bits per heavy atom. The molecule has 0 amide bonds. The molecule has 0 unspecified atom stereocenters. The first kappa shape index (κ1) is 10.4. The standard InChI is InChI=1S/C13H12F2N2/c14-13(15)6-4-10(5-7-13)12-11-3-1-2-8-17(11)9-16-12/h1-4,8-9H,5-7H2. The fourth-order valence-corrected chi connectivity index (χ4v) is 2.20. The van der Waals surface area contributed by atoms with Gasteiger partial charge in [-0.2, -0.15) is 0 Å². The Kier molecular flexibility index (Phi) is 2.24. The van der Waals surface area contributed by atoms with Crippen LogP contribution in [-0.4, -0.2) is 15.3 Å². The van der Waals surface area contributed by atoms with Crippen LogP contribution in [0.3, 0.4) is 0 Å². The highest BCUT2D eigenvalue weighted by Gasteiger charge is 2.31. The molecule has 17 heavy (non-hydrogen) atoms. The van der Waals surface area contributed by atoms with Crippen molar-refractivity contribution < 1.29 is 8.78 Å². The number of alkyl halides is 2. The van der Waals surface area contributed by atoms with Gasteiger partial charge in [0.1, 0.15) is 0 Å². The van der Waals surface area contributed by atoms with E-state index in [2.05, 4.69) is 4.98 Å². The number of imidazole rings is 1. The van der Waals surface area contributed by atoms with Crippen molar-refractivity contribution in [3.63, 3.8) is 0 Å². The first-order chi connectivity index (χ1) is 8.16. The van der Waals surface area contributed by atoms with Crippen molar-refractivity contribution in [3.05, 3.63) is 42.5 Å². The number of hydrogen-bond donors (Lipinski definition) is 0. The van der Waals surface area contributed by atoms with Gasteiger partial charge in [0.2, 0.25) is 0 Å². The number of rotatable bonds is 1. The number of nitrogens with zero attached hydrogens (tertiary/aromatic N) is 2. The largest absolute Gasteiger partial charge is 0.306 e. The van der Waals surface area contributed by atoms with Gasteiger partial charge in [0.15, 0.2) is 0 Å². The topological polar surface area (TPSA) is 17.3 Å². The molecule has 0 spiro atoms. The predicted octanol–water partition coefficient (Wildman–Crippen LogP) is 3.54. The monoisotopic (exact) mass is 234 g/mol. The lowest BCUT2D eigenvalue weighted by atomic mass is 9.94. The summed E-state index contributed by atoms with van der Waals surface area (Å²) in [6, 6.07) is 5.80. The fraction of sp³-hybridized carbons (Fsp3) is 0.308. The molecule has 2 nitrogen and oxygen atoms in total. The van der Waals surface area contributed by atoms with E-state index in [1.54, 1.807) is 12.4 Å². The SMILES string of the molecule is FC1(F)CC=C(c2ncn3ccccc23)CC1. The van der Waals surface area contributed by atoms with Crippen LogP contribution in [0, 0.1) is 0 Å². The lowest BCUT2D eigenvalue weighted by Gasteiger charge is -2.20. The average molecular weight is 234 g/mol. The predicted molar refractivity (Wildman–Crippen MR) is 62.0 cm³/mol. The van der Waals surface area contributed by atoms with Gasteiger partial charge in [-0.1, -0.05) is 12.1 Å². The molecule has 0 aliphatic heterocycles. The molecule has 88 valence electrons. The molecular weight excluding hydrogens is 222 g/mol. The highest BCUT2D eigenvalue weighted by Crippen LogP contribution is 2.36. The maximum Gasteiger partial charge on any atom is 0.251 e. The molecule has 0 fully saturated rings. The van der Waals surface area contributed by atoms with Crippen LogP contribution in [-0.2, 0) is 0 Å². The Morgan fingerprint density at radius 1 is 1.29 bits per heavy atom. The second kappa shape index (κ2) is 3.65. The highest BCUT2D eigenvalue weighted by molar-refractivity contribution is 5.76. The molecule has 0 N–H and O–H groups in total. The molecule has 4 heteroatoms. The van der Waals surface area contributed by atoms with Gasteiger partial charge in [-0.15, -0.1) is 0 Å². The summed E-state index contributed by atoms with van der Waals surface area (Å²) >= 11 is 0. The van der Waals surface area contributed by atoms with Gasteiger partial charge in [-0.05, 0) is 24.1 Å². The molecule has 0 atom stereocenters. The summed E-state index contributed by atoms with van der Waals surface area (Å²) in [5.41, 5.74) is 2.75. The minimum Gasteiger partial charge on any atom is -0.306 e. The summed E-state index contributed by atoms with van der Waals surface area (Å²) in [4.78, 5) is 4.32. The second-order valence-corrected chi connectivity index (χ2v) is 4.38. The van der Waals surface area contributed by atoms with Gasteiger partial charge < -0.3 is 4.40 Å². The summed E-state index contributed by atoms with van der Waals surface area (Å²) in [5, 5.41) is 0. The molecule has 0 aromatic carbocycles. The van der Waals surface area contributed by atoms with Gasteiger partial charge in [0, 0.05) is 19.0 Å². The van der Waals surface area contributed by atoms with Gasteiger partial charge in [0.05, 0.1) is 17.5 Å². The first-order valence-corrected chi connectivity index (χ1v) is 5.65. The number of pyridine rings is 1. The van der Waals surface area contributed by atoms with Gasteiger partial charge in [0.25, 0.3) is 5.92 Å². The van der Waals surface area contributed by atoms with E-state index in [-0.39, 0.29) is 12.8 Å². The second-order valence-electron chi connectivity index (χ2n) is 4.38. The van der Waals surface area contributed by atoms with Crippen molar-refractivity contribution in [3.8, 4) is 0 Å². The average Bonchev–Trinajstić information content (AvgIpc) is 2.73. The molecule has 0 bridgehead atoms. The van der Waals surface area contributed by atoms with Crippen molar-refractivity contribution >= 4 is 11.1 Å². The Bertz CT molecular complexity index is 584. The summed E-state index contributed by atoms with van der Waals surface area (Å²) in [5.74, 6) is -2.54. The van der Waals surface area contributed by atoms with Crippen LogP contribution < -0.4 is 0 Å². The maximum atomic E-state index is 13.1. The van der Waals surface area contributed by atoms with E-state index in [4.69, 9.17) is 0 Å². The fourth-order valence-electron chi connectivity index (χ4n) is 2.20. The van der Waals surface area contributed by atoms with Crippen LogP contribution in [0.15, 0.2) is 36.8 Å². The van der Waals surface area contributed by atoms with E-state index in [0.29, 0.717) is 6.42 Å². The molecular formula is C13H12F2N2. The molecule has 3 rings (SSSR count). The Balaban J connectivity index is 2.03. The zero-order valence-electron chi connectivity index (χ0n) is 9.24. The first-order valence-electron chi connectivity index (χ1n) is 5.65. The number of hydrogen-bond acceptors (Lipinski definition) is 1. The third-order valence-electron chi connectivity index (χ3n) is 3.16. The minimum absolute atomic E-state index is 0.0787. The smallest absolute Gasteiger partial charge is 0.251 e. The van der Waals surface area contributed by atoms with Crippen LogP contribution in [0.2, 0.25) is 0 Å². The van der Waals surface area contributed by atoms with Gasteiger partial charge in [-0.3, -0.25) is 0 Å². The molecule has 0 radical (unpaired) electrons. The Labute approximate surface area is 97.6 Å². The summed E-state index contributed by atoms with van der Waals surface area (Å²) < 4.78 is 28.0. The molecule has 2 aromatic rings. The third-order valence-corrected chi connectivity index (χ3v) is 3.16. The van der Waals surface area contributed by atoms with E-state index >= 15 is 0 Å².